The van der Waals surface area contributed by atoms with Gasteiger partial charge in [-0.3, -0.25) is 0 Å². The van der Waals surface area contributed by atoms with Crippen LogP contribution in [0, 0.1) is 0 Å². The van der Waals surface area contributed by atoms with Gasteiger partial charge in [0.2, 0.25) is 0 Å². The average Bonchev–Trinajstić information content (AvgIpc) is 2.33. The van der Waals surface area contributed by atoms with Crippen LogP contribution in [-0.2, 0) is 0 Å². The van der Waals surface area contributed by atoms with Crippen molar-refractivity contribution in [3.05, 3.63) is 42.6 Å². The second-order valence-corrected chi connectivity index (χ2v) is 4.04. The summed E-state index contributed by atoms with van der Waals surface area (Å²) in [4.78, 5) is 6.09. The van der Waals surface area contributed by atoms with Gasteiger partial charge in [0.05, 0.1) is 11.9 Å². The smallest absolute Gasteiger partial charge is 0.123 e. The molecule has 1 aromatic heterocycles. The van der Waals surface area contributed by atoms with Crippen LogP contribution >= 0.6 is 0 Å². The van der Waals surface area contributed by atoms with Crippen molar-refractivity contribution in [2.75, 3.05) is 30.0 Å². The third-order valence-corrected chi connectivity index (χ3v) is 2.46. The molecular formula is C13H16N4. The van der Waals surface area contributed by atoms with Crippen molar-refractivity contribution in [2.45, 2.75) is 0 Å². The lowest BCUT2D eigenvalue weighted by atomic mass is 10.2. The van der Waals surface area contributed by atoms with Crippen LogP contribution in [0.1, 0.15) is 0 Å². The molecule has 1 aromatic carbocycles. The minimum atomic E-state index is 0.526. The molecule has 2 rings (SSSR count). The van der Waals surface area contributed by atoms with E-state index < -0.39 is 0 Å². The van der Waals surface area contributed by atoms with Gasteiger partial charge >= 0.3 is 0 Å². The molecular weight excluding hydrogens is 212 g/mol. The molecule has 2 aromatic rings. The van der Waals surface area contributed by atoms with E-state index in [9.17, 15) is 0 Å². The summed E-state index contributed by atoms with van der Waals surface area (Å²) in [6.45, 7) is 0. The lowest BCUT2D eigenvalue weighted by Gasteiger charge is -2.13. The Labute approximate surface area is 101 Å². The third-order valence-electron chi connectivity index (χ3n) is 2.46. The number of rotatable bonds is 3. The quantitative estimate of drug-likeness (QED) is 0.847. The van der Waals surface area contributed by atoms with Crippen molar-refractivity contribution < 1.29 is 0 Å². The van der Waals surface area contributed by atoms with E-state index >= 15 is 0 Å². The molecule has 0 atom stereocenters. The zero-order chi connectivity index (χ0) is 12.3. The first-order valence-electron chi connectivity index (χ1n) is 5.41. The number of nitrogens with zero attached hydrogens (tertiary/aromatic N) is 2. The van der Waals surface area contributed by atoms with Gasteiger partial charge in [-0.15, -0.1) is 0 Å². The van der Waals surface area contributed by atoms with Crippen molar-refractivity contribution in [1.82, 2.24) is 4.98 Å². The zero-order valence-electron chi connectivity index (χ0n) is 10.0. The molecule has 88 valence electrons. The van der Waals surface area contributed by atoms with Crippen LogP contribution < -0.4 is 16.0 Å². The topological polar surface area (TPSA) is 54.2 Å². The van der Waals surface area contributed by atoms with E-state index in [0.717, 1.165) is 11.4 Å². The van der Waals surface area contributed by atoms with E-state index in [-0.39, 0.29) is 0 Å². The van der Waals surface area contributed by atoms with E-state index in [2.05, 4.69) is 27.3 Å². The normalized spacial score (nSPS) is 10.0. The molecule has 1 heterocycles. The number of hydrogen-bond acceptors (Lipinski definition) is 4. The number of nitrogens with two attached hydrogens (primary N) is 1. The van der Waals surface area contributed by atoms with Gasteiger partial charge in [-0.25, -0.2) is 4.98 Å². The first kappa shape index (κ1) is 11.3. The Morgan fingerprint density at radius 2 is 1.65 bits per heavy atom. The Morgan fingerprint density at radius 1 is 1.00 bits per heavy atom. The molecule has 4 heteroatoms. The molecule has 17 heavy (non-hydrogen) atoms. The maximum atomic E-state index is 5.53. The Kier molecular flexibility index (Phi) is 3.14. The maximum absolute atomic E-state index is 5.53. The number of benzene rings is 1. The monoisotopic (exact) mass is 228 g/mol. The highest BCUT2D eigenvalue weighted by molar-refractivity contribution is 5.62. The number of aromatic nitrogens is 1. The van der Waals surface area contributed by atoms with E-state index in [1.165, 1.54) is 5.69 Å². The molecule has 0 aliphatic heterocycles. The summed E-state index contributed by atoms with van der Waals surface area (Å²) in [7, 11) is 4.04. The van der Waals surface area contributed by atoms with Crippen LogP contribution in [-0.4, -0.2) is 19.1 Å². The van der Waals surface area contributed by atoms with Gasteiger partial charge in [0.1, 0.15) is 5.82 Å². The molecule has 0 bridgehead atoms. The molecule has 0 spiro atoms. The van der Waals surface area contributed by atoms with Crippen LogP contribution in [0.2, 0.25) is 0 Å². The van der Waals surface area contributed by atoms with Gasteiger partial charge in [-0.1, -0.05) is 0 Å². The Balaban J connectivity index is 2.11. The second-order valence-electron chi connectivity index (χ2n) is 4.04. The fraction of sp³-hybridized carbons (Fsp3) is 0.154. The molecule has 3 N–H and O–H groups in total. The van der Waals surface area contributed by atoms with E-state index in [1.54, 1.807) is 12.3 Å². The minimum Gasteiger partial charge on any atom is -0.384 e. The predicted octanol–water partition coefficient (Wildman–Crippen LogP) is 2.47. The molecule has 0 amide bonds. The van der Waals surface area contributed by atoms with Gasteiger partial charge in [0, 0.05) is 25.5 Å². The zero-order valence-corrected chi connectivity index (χ0v) is 10.0. The molecule has 4 nitrogen and oxygen atoms in total. The average molecular weight is 228 g/mol. The van der Waals surface area contributed by atoms with E-state index in [1.807, 2.05) is 32.3 Å². The maximum Gasteiger partial charge on any atom is 0.123 e. The number of nitrogens with one attached hydrogen (secondary N) is 1. The molecule has 0 aliphatic carbocycles. The Hall–Kier alpha value is -2.23. The SMILES string of the molecule is CN(C)c1ccc(Nc2ccc(N)nc2)cc1. The van der Waals surface area contributed by atoms with Gasteiger partial charge in [-0.2, -0.15) is 0 Å². The highest BCUT2D eigenvalue weighted by atomic mass is 15.1. The van der Waals surface area contributed by atoms with Gasteiger partial charge in [0.25, 0.3) is 0 Å². The molecule has 0 unspecified atom stereocenters. The number of hydrogen-bond donors (Lipinski definition) is 2. The van der Waals surface area contributed by atoms with Crippen LogP contribution in [0.15, 0.2) is 42.6 Å². The molecule has 0 aliphatic rings. The van der Waals surface area contributed by atoms with Crippen LogP contribution in [0.3, 0.4) is 0 Å². The predicted molar refractivity (Wildman–Crippen MR) is 72.7 cm³/mol. The lowest BCUT2D eigenvalue weighted by molar-refractivity contribution is 1.13. The summed E-state index contributed by atoms with van der Waals surface area (Å²) >= 11 is 0. The number of anilines is 4. The summed E-state index contributed by atoms with van der Waals surface area (Å²) in [5.41, 5.74) is 8.66. The number of pyridine rings is 1. The first-order chi connectivity index (χ1) is 8.15. The largest absolute Gasteiger partial charge is 0.384 e. The van der Waals surface area contributed by atoms with Crippen molar-refractivity contribution in [1.29, 1.82) is 0 Å². The summed E-state index contributed by atoms with van der Waals surface area (Å²) in [6.07, 6.45) is 1.72. The van der Waals surface area contributed by atoms with E-state index in [0.29, 0.717) is 5.82 Å². The van der Waals surface area contributed by atoms with Gasteiger partial charge < -0.3 is 16.0 Å². The molecule has 0 saturated carbocycles. The van der Waals surface area contributed by atoms with Crippen molar-refractivity contribution in [3.8, 4) is 0 Å². The van der Waals surface area contributed by atoms with Crippen LogP contribution in [0.5, 0.6) is 0 Å². The molecule has 0 fully saturated rings. The lowest BCUT2D eigenvalue weighted by Crippen LogP contribution is -2.08. The molecule has 0 radical (unpaired) electrons. The van der Waals surface area contributed by atoms with Crippen LogP contribution in [0.25, 0.3) is 0 Å². The van der Waals surface area contributed by atoms with Crippen molar-refractivity contribution in [3.63, 3.8) is 0 Å². The fourth-order valence-electron chi connectivity index (χ4n) is 1.49. The summed E-state index contributed by atoms with van der Waals surface area (Å²) in [6, 6.07) is 11.9. The fourth-order valence-corrected chi connectivity index (χ4v) is 1.49. The summed E-state index contributed by atoms with van der Waals surface area (Å²) in [5, 5.41) is 3.26. The van der Waals surface area contributed by atoms with Crippen molar-refractivity contribution >= 4 is 22.9 Å². The second kappa shape index (κ2) is 4.74. The van der Waals surface area contributed by atoms with Crippen molar-refractivity contribution in [2.24, 2.45) is 0 Å². The van der Waals surface area contributed by atoms with E-state index in [4.69, 9.17) is 5.73 Å². The Bertz CT molecular complexity index is 474. The summed E-state index contributed by atoms with van der Waals surface area (Å²) < 4.78 is 0. The first-order valence-corrected chi connectivity index (χ1v) is 5.41. The Morgan fingerprint density at radius 3 is 2.18 bits per heavy atom. The highest BCUT2D eigenvalue weighted by Gasteiger charge is 1.97. The highest BCUT2D eigenvalue weighted by Crippen LogP contribution is 2.19. The van der Waals surface area contributed by atoms with Gasteiger partial charge in [0.15, 0.2) is 0 Å². The standard InChI is InChI=1S/C13H16N4/c1-17(2)12-6-3-10(4-7-12)16-11-5-8-13(14)15-9-11/h3-9,16H,1-2H3,(H2,14,15). The van der Waals surface area contributed by atoms with Crippen LogP contribution in [0.4, 0.5) is 22.9 Å². The molecule has 0 saturated heterocycles. The number of nitrogen functional groups attached to an aromatic ring is 1. The van der Waals surface area contributed by atoms with Gasteiger partial charge in [-0.05, 0) is 36.4 Å². The minimum absolute atomic E-state index is 0.526. The summed E-state index contributed by atoms with van der Waals surface area (Å²) in [5.74, 6) is 0.526. The third kappa shape index (κ3) is 2.87.